The van der Waals surface area contributed by atoms with Crippen LogP contribution in [0.2, 0.25) is 0 Å². The van der Waals surface area contributed by atoms with Crippen LogP contribution in [0.4, 0.5) is 10.1 Å². The summed E-state index contributed by atoms with van der Waals surface area (Å²) in [6.07, 6.45) is 0.441. The van der Waals surface area contributed by atoms with Crippen molar-refractivity contribution in [2.24, 2.45) is 11.7 Å². The molecule has 2 amide bonds. The van der Waals surface area contributed by atoms with Crippen LogP contribution >= 0.6 is 0 Å². The predicted octanol–water partition coefficient (Wildman–Crippen LogP) is 2.24. The Balaban J connectivity index is 1.62. The molecular formula is C18H17FN2O3. The molecule has 6 heteroatoms. The van der Waals surface area contributed by atoms with Crippen molar-refractivity contribution < 1.29 is 18.7 Å². The van der Waals surface area contributed by atoms with E-state index in [1.165, 1.54) is 12.1 Å². The van der Waals surface area contributed by atoms with Gasteiger partial charge in [-0.25, -0.2) is 4.39 Å². The summed E-state index contributed by atoms with van der Waals surface area (Å²) < 4.78 is 18.5. The summed E-state index contributed by atoms with van der Waals surface area (Å²) in [5, 5.41) is 0. The SMILES string of the molecule is NC(=O)C1CCN(c2ccc(OCc3ccc(F)cc3)cc2)C1=O. The number of amides is 2. The molecule has 0 aliphatic carbocycles. The van der Waals surface area contributed by atoms with Gasteiger partial charge >= 0.3 is 0 Å². The van der Waals surface area contributed by atoms with Crippen LogP contribution in [0.5, 0.6) is 5.75 Å². The number of hydrogen-bond donors (Lipinski definition) is 1. The first kappa shape index (κ1) is 16.0. The number of primary amides is 1. The number of carbonyl (C=O) groups excluding carboxylic acids is 2. The Bertz CT molecular complexity index is 744. The van der Waals surface area contributed by atoms with E-state index in [-0.39, 0.29) is 11.7 Å². The molecule has 24 heavy (non-hydrogen) atoms. The van der Waals surface area contributed by atoms with Gasteiger partial charge in [0.25, 0.3) is 0 Å². The summed E-state index contributed by atoms with van der Waals surface area (Å²) in [5.41, 5.74) is 6.79. The van der Waals surface area contributed by atoms with Crippen LogP contribution in [0.25, 0.3) is 0 Å². The second-order valence-electron chi connectivity index (χ2n) is 5.64. The highest BCUT2D eigenvalue weighted by atomic mass is 19.1. The van der Waals surface area contributed by atoms with E-state index in [4.69, 9.17) is 10.5 Å². The predicted molar refractivity (Wildman–Crippen MR) is 86.8 cm³/mol. The Labute approximate surface area is 138 Å². The van der Waals surface area contributed by atoms with Crippen LogP contribution in [0.1, 0.15) is 12.0 Å². The van der Waals surface area contributed by atoms with Crippen molar-refractivity contribution in [3.8, 4) is 5.75 Å². The maximum atomic E-state index is 12.8. The maximum absolute atomic E-state index is 12.8. The Morgan fingerprint density at radius 2 is 1.83 bits per heavy atom. The zero-order valence-electron chi connectivity index (χ0n) is 12.9. The Kier molecular flexibility index (Phi) is 4.46. The summed E-state index contributed by atoms with van der Waals surface area (Å²) in [4.78, 5) is 24.9. The van der Waals surface area contributed by atoms with Crippen molar-refractivity contribution in [1.29, 1.82) is 0 Å². The van der Waals surface area contributed by atoms with Crippen LogP contribution in [0, 0.1) is 11.7 Å². The quantitative estimate of drug-likeness (QED) is 0.856. The van der Waals surface area contributed by atoms with Gasteiger partial charge in [0, 0.05) is 12.2 Å². The van der Waals surface area contributed by atoms with Gasteiger partial charge in [0.05, 0.1) is 0 Å². The van der Waals surface area contributed by atoms with E-state index < -0.39 is 11.8 Å². The summed E-state index contributed by atoms with van der Waals surface area (Å²) in [7, 11) is 0. The van der Waals surface area contributed by atoms with Crippen LogP contribution < -0.4 is 15.4 Å². The minimum absolute atomic E-state index is 0.262. The monoisotopic (exact) mass is 328 g/mol. The minimum atomic E-state index is -0.737. The van der Waals surface area contributed by atoms with E-state index >= 15 is 0 Å². The first-order valence-corrected chi connectivity index (χ1v) is 7.62. The molecule has 2 aromatic carbocycles. The van der Waals surface area contributed by atoms with Gasteiger partial charge in [0.2, 0.25) is 11.8 Å². The van der Waals surface area contributed by atoms with E-state index in [1.54, 1.807) is 41.3 Å². The number of rotatable bonds is 5. The van der Waals surface area contributed by atoms with E-state index in [0.29, 0.717) is 31.0 Å². The first-order chi connectivity index (χ1) is 11.5. The number of anilines is 1. The van der Waals surface area contributed by atoms with Gasteiger partial charge in [-0.2, -0.15) is 0 Å². The third-order valence-electron chi connectivity index (χ3n) is 4.02. The highest BCUT2D eigenvalue weighted by molar-refractivity contribution is 6.09. The molecule has 1 aliphatic heterocycles. The van der Waals surface area contributed by atoms with E-state index in [9.17, 15) is 14.0 Å². The second kappa shape index (κ2) is 6.70. The molecule has 2 aromatic rings. The number of nitrogens with two attached hydrogens (primary N) is 1. The molecule has 124 valence electrons. The molecule has 1 heterocycles. The maximum Gasteiger partial charge on any atom is 0.239 e. The van der Waals surface area contributed by atoms with Crippen molar-refractivity contribution in [2.75, 3.05) is 11.4 Å². The molecule has 0 bridgehead atoms. The van der Waals surface area contributed by atoms with E-state index in [2.05, 4.69) is 0 Å². The molecule has 0 radical (unpaired) electrons. The minimum Gasteiger partial charge on any atom is -0.489 e. The van der Waals surface area contributed by atoms with Gasteiger partial charge in [-0.1, -0.05) is 12.1 Å². The molecule has 1 saturated heterocycles. The van der Waals surface area contributed by atoms with Crippen LogP contribution in [-0.2, 0) is 16.2 Å². The van der Waals surface area contributed by atoms with Crippen LogP contribution in [-0.4, -0.2) is 18.4 Å². The third-order valence-corrected chi connectivity index (χ3v) is 4.02. The van der Waals surface area contributed by atoms with Gasteiger partial charge < -0.3 is 15.4 Å². The van der Waals surface area contributed by atoms with Gasteiger partial charge in [-0.3, -0.25) is 9.59 Å². The molecule has 1 fully saturated rings. The van der Waals surface area contributed by atoms with Crippen molar-refractivity contribution in [1.82, 2.24) is 0 Å². The topological polar surface area (TPSA) is 72.6 Å². The van der Waals surface area contributed by atoms with E-state index in [0.717, 1.165) is 5.56 Å². The molecule has 1 unspecified atom stereocenters. The molecule has 1 atom stereocenters. The second-order valence-corrected chi connectivity index (χ2v) is 5.64. The van der Waals surface area contributed by atoms with Gasteiger partial charge in [0.15, 0.2) is 0 Å². The molecule has 2 N–H and O–H groups in total. The highest BCUT2D eigenvalue weighted by Crippen LogP contribution is 2.27. The number of carbonyl (C=O) groups is 2. The number of nitrogens with zero attached hydrogens (tertiary/aromatic N) is 1. The van der Waals surface area contributed by atoms with Crippen LogP contribution in [0.15, 0.2) is 48.5 Å². The lowest BCUT2D eigenvalue weighted by Crippen LogP contribution is -2.33. The molecule has 3 rings (SSSR count). The zero-order chi connectivity index (χ0) is 17.1. The zero-order valence-corrected chi connectivity index (χ0v) is 12.9. The highest BCUT2D eigenvalue weighted by Gasteiger charge is 2.36. The Morgan fingerprint density at radius 1 is 1.17 bits per heavy atom. The standard InChI is InChI=1S/C18H17FN2O3/c19-13-3-1-12(2-4-13)11-24-15-7-5-14(6-8-15)21-10-9-16(17(20)22)18(21)23/h1-8,16H,9-11H2,(H2,20,22). The van der Waals surface area contributed by atoms with Gasteiger partial charge in [0.1, 0.15) is 24.1 Å². The molecule has 0 aromatic heterocycles. The van der Waals surface area contributed by atoms with Crippen molar-refractivity contribution in [3.63, 3.8) is 0 Å². The average Bonchev–Trinajstić information content (AvgIpc) is 2.97. The normalized spacial score (nSPS) is 17.1. The summed E-state index contributed by atoms with van der Waals surface area (Å²) >= 11 is 0. The number of halogens is 1. The summed E-state index contributed by atoms with van der Waals surface area (Å²) in [5.74, 6) is -1.22. The lowest BCUT2D eigenvalue weighted by Gasteiger charge is -2.17. The third kappa shape index (κ3) is 3.37. The molecule has 0 spiro atoms. The smallest absolute Gasteiger partial charge is 0.239 e. The average molecular weight is 328 g/mol. The fourth-order valence-electron chi connectivity index (χ4n) is 2.67. The van der Waals surface area contributed by atoms with Crippen molar-refractivity contribution >= 4 is 17.5 Å². The Hall–Kier alpha value is -2.89. The lowest BCUT2D eigenvalue weighted by molar-refractivity contribution is -0.130. The fraction of sp³-hybridized carbons (Fsp3) is 0.222. The molecule has 1 aliphatic rings. The number of hydrogen-bond acceptors (Lipinski definition) is 3. The summed E-state index contributed by atoms with van der Waals surface area (Å²) in [6, 6.07) is 13.1. The Morgan fingerprint density at radius 3 is 2.42 bits per heavy atom. The van der Waals surface area contributed by atoms with E-state index in [1.807, 2.05) is 0 Å². The summed E-state index contributed by atoms with van der Waals surface area (Å²) in [6.45, 7) is 0.800. The fourth-order valence-corrected chi connectivity index (χ4v) is 2.67. The molecule has 0 saturated carbocycles. The lowest BCUT2D eigenvalue weighted by atomic mass is 10.1. The first-order valence-electron chi connectivity index (χ1n) is 7.62. The number of benzene rings is 2. The molecular weight excluding hydrogens is 311 g/mol. The largest absolute Gasteiger partial charge is 0.489 e. The van der Waals surface area contributed by atoms with Gasteiger partial charge in [-0.05, 0) is 48.4 Å². The van der Waals surface area contributed by atoms with Gasteiger partial charge in [-0.15, -0.1) is 0 Å². The van der Waals surface area contributed by atoms with Crippen LogP contribution in [0.3, 0.4) is 0 Å². The van der Waals surface area contributed by atoms with Crippen molar-refractivity contribution in [2.45, 2.75) is 13.0 Å². The molecule has 5 nitrogen and oxygen atoms in total. The van der Waals surface area contributed by atoms with Crippen molar-refractivity contribution in [3.05, 3.63) is 59.9 Å². The number of ether oxygens (including phenoxy) is 1.